The van der Waals surface area contributed by atoms with Crippen LogP contribution in [0.5, 0.6) is 0 Å². The third kappa shape index (κ3) is 11.8. The lowest BCUT2D eigenvalue weighted by Gasteiger charge is -2.25. The van der Waals surface area contributed by atoms with Crippen LogP contribution < -0.4 is 27.4 Å². The number of benzene rings is 1. The summed E-state index contributed by atoms with van der Waals surface area (Å²) in [6.45, 7) is 4.64. The Morgan fingerprint density at radius 2 is 1.53 bits per heavy atom. The minimum atomic E-state index is -1.14. The highest BCUT2D eigenvalue weighted by Gasteiger charge is 2.29. The van der Waals surface area contributed by atoms with Crippen LogP contribution in [0.3, 0.4) is 0 Å². The number of carboxylic acid groups (broad SMARTS) is 1. The van der Waals surface area contributed by atoms with Gasteiger partial charge in [-0.15, -0.1) is 0 Å². The van der Waals surface area contributed by atoms with Gasteiger partial charge in [0.25, 0.3) is 0 Å². The Morgan fingerprint density at radius 3 is 2.09 bits per heavy atom. The van der Waals surface area contributed by atoms with E-state index in [1.54, 1.807) is 0 Å². The van der Waals surface area contributed by atoms with Crippen molar-refractivity contribution in [2.45, 2.75) is 77.0 Å². The molecule has 0 saturated carbocycles. The van der Waals surface area contributed by atoms with Crippen molar-refractivity contribution in [2.24, 2.45) is 17.4 Å². The number of nitrogens with two attached hydrogens (primary N) is 2. The Kier molecular flexibility index (Phi) is 13.5. The summed E-state index contributed by atoms with van der Waals surface area (Å²) in [7, 11) is 0. The van der Waals surface area contributed by atoms with E-state index in [-0.39, 0.29) is 25.2 Å². The third-order valence-electron chi connectivity index (χ3n) is 5.29. The number of nitrogens with one attached hydrogen (secondary N) is 3. The fourth-order valence-electron chi connectivity index (χ4n) is 3.45. The van der Waals surface area contributed by atoms with E-state index in [1.165, 1.54) is 0 Å². The first-order chi connectivity index (χ1) is 16.1. The van der Waals surface area contributed by atoms with E-state index >= 15 is 0 Å². The second-order valence-electron chi connectivity index (χ2n) is 8.80. The molecule has 1 rings (SSSR count). The highest BCUT2D eigenvalue weighted by molar-refractivity contribution is 5.92. The number of carbonyl (C=O) groups is 4. The van der Waals surface area contributed by atoms with Crippen molar-refractivity contribution in [3.05, 3.63) is 35.9 Å². The summed E-state index contributed by atoms with van der Waals surface area (Å²) >= 11 is 0. The molecule has 0 radical (unpaired) electrons. The number of primary amides is 1. The van der Waals surface area contributed by atoms with Gasteiger partial charge < -0.3 is 32.5 Å². The highest BCUT2D eigenvalue weighted by atomic mass is 16.4. The molecule has 0 aliphatic rings. The first kappa shape index (κ1) is 29.1. The summed E-state index contributed by atoms with van der Waals surface area (Å²) in [5.74, 6) is -2.61. The van der Waals surface area contributed by atoms with E-state index in [2.05, 4.69) is 16.0 Å². The topological polar surface area (TPSA) is 177 Å². The molecule has 0 aromatic heterocycles. The largest absolute Gasteiger partial charge is 0.480 e. The van der Waals surface area contributed by atoms with E-state index in [4.69, 9.17) is 11.5 Å². The molecule has 3 amide bonds. The minimum absolute atomic E-state index is 0.00313. The molecule has 0 aliphatic carbocycles. The van der Waals surface area contributed by atoms with E-state index < -0.39 is 41.8 Å². The second kappa shape index (κ2) is 15.8. The Balaban J connectivity index is 2.89. The number of carboxylic acids is 1. The van der Waals surface area contributed by atoms with Crippen molar-refractivity contribution in [3.63, 3.8) is 0 Å². The highest BCUT2D eigenvalue weighted by Crippen LogP contribution is 2.09. The van der Waals surface area contributed by atoms with Gasteiger partial charge in [-0.25, -0.2) is 4.79 Å². The zero-order valence-corrected chi connectivity index (χ0v) is 20.1. The molecule has 0 aliphatic heterocycles. The maximum Gasteiger partial charge on any atom is 0.326 e. The van der Waals surface area contributed by atoms with Crippen LogP contribution >= 0.6 is 0 Å². The maximum absolute atomic E-state index is 13.1. The lowest BCUT2D eigenvalue weighted by atomic mass is 10.0. The van der Waals surface area contributed by atoms with E-state index in [0.717, 1.165) is 5.56 Å². The van der Waals surface area contributed by atoms with Gasteiger partial charge in [0.2, 0.25) is 17.7 Å². The maximum atomic E-state index is 13.1. The second-order valence-corrected chi connectivity index (χ2v) is 8.80. The number of amides is 3. The predicted molar refractivity (Wildman–Crippen MR) is 129 cm³/mol. The molecule has 3 atom stereocenters. The molecule has 0 bridgehead atoms. The first-order valence-electron chi connectivity index (χ1n) is 11.7. The van der Waals surface area contributed by atoms with Gasteiger partial charge in [0.1, 0.15) is 12.1 Å². The standard InChI is InChI=1S/C24H39N5O5/c1-16(2)14-20(23(32)28-19(24(33)34)10-6-7-13-25)29-22(31)18(11-12-21(26)30)27-15-17-8-4-3-5-9-17/h3-5,8-9,16,18-20,27H,6-7,10-15,25H2,1-2H3,(H2,26,30)(H,28,32)(H,29,31)(H,33,34)/t18-,19-,20-/m0/s1. The van der Waals surface area contributed by atoms with Crippen molar-refractivity contribution in [2.75, 3.05) is 6.54 Å². The zero-order chi connectivity index (χ0) is 25.5. The molecule has 190 valence electrons. The van der Waals surface area contributed by atoms with Crippen LogP contribution in [0.4, 0.5) is 0 Å². The summed E-state index contributed by atoms with van der Waals surface area (Å²) in [5.41, 5.74) is 11.7. The molecule has 1 aromatic carbocycles. The van der Waals surface area contributed by atoms with Crippen LogP contribution in [0.15, 0.2) is 30.3 Å². The van der Waals surface area contributed by atoms with Crippen molar-refractivity contribution in [3.8, 4) is 0 Å². The number of aliphatic carboxylic acids is 1. The fourth-order valence-corrected chi connectivity index (χ4v) is 3.45. The molecule has 34 heavy (non-hydrogen) atoms. The van der Waals surface area contributed by atoms with Gasteiger partial charge in [-0.1, -0.05) is 44.2 Å². The molecule has 0 unspecified atom stereocenters. The zero-order valence-electron chi connectivity index (χ0n) is 20.1. The van der Waals surface area contributed by atoms with Crippen molar-refractivity contribution in [1.82, 2.24) is 16.0 Å². The molecule has 10 nitrogen and oxygen atoms in total. The van der Waals surface area contributed by atoms with Crippen molar-refractivity contribution < 1.29 is 24.3 Å². The molecule has 8 N–H and O–H groups in total. The summed E-state index contributed by atoms with van der Waals surface area (Å²) in [6, 6.07) is 6.72. The van der Waals surface area contributed by atoms with Crippen LogP contribution in [-0.4, -0.2) is 53.5 Å². The van der Waals surface area contributed by atoms with Gasteiger partial charge >= 0.3 is 5.97 Å². The molecule has 0 fully saturated rings. The van der Waals surface area contributed by atoms with Crippen LogP contribution in [0.2, 0.25) is 0 Å². The lowest BCUT2D eigenvalue weighted by molar-refractivity contribution is -0.142. The SMILES string of the molecule is CC(C)C[C@H](NC(=O)[C@H](CCC(N)=O)NCc1ccccc1)C(=O)N[C@@H](CCCCN)C(=O)O. The van der Waals surface area contributed by atoms with Gasteiger partial charge in [-0.05, 0) is 50.1 Å². The van der Waals surface area contributed by atoms with Gasteiger partial charge in [0, 0.05) is 13.0 Å². The van der Waals surface area contributed by atoms with Crippen LogP contribution in [0, 0.1) is 5.92 Å². The number of carbonyl (C=O) groups excluding carboxylic acids is 3. The first-order valence-corrected chi connectivity index (χ1v) is 11.7. The molecular weight excluding hydrogens is 438 g/mol. The van der Waals surface area contributed by atoms with Gasteiger partial charge in [0.05, 0.1) is 6.04 Å². The third-order valence-corrected chi connectivity index (χ3v) is 5.29. The Labute approximate surface area is 201 Å². The summed E-state index contributed by atoms with van der Waals surface area (Å²) in [5, 5.41) is 17.9. The van der Waals surface area contributed by atoms with E-state index in [1.807, 2.05) is 44.2 Å². The van der Waals surface area contributed by atoms with E-state index in [9.17, 15) is 24.3 Å². The van der Waals surface area contributed by atoms with Crippen LogP contribution in [0.25, 0.3) is 0 Å². The minimum Gasteiger partial charge on any atom is -0.480 e. The van der Waals surface area contributed by atoms with Gasteiger partial charge in [-0.3, -0.25) is 14.4 Å². The quantitative estimate of drug-likeness (QED) is 0.178. The average Bonchev–Trinajstić information content (AvgIpc) is 2.78. The molecule has 0 saturated heterocycles. The van der Waals surface area contributed by atoms with E-state index in [0.29, 0.717) is 32.4 Å². The van der Waals surface area contributed by atoms with Gasteiger partial charge in [0.15, 0.2) is 0 Å². The number of hydrogen-bond donors (Lipinski definition) is 6. The normalized spacial score (nSPS) is 13.6. The Hall–Kier alpha value is -2.98. The Morgan fingerprint density at radius 1 is 0.912 bits per heavy atom. The van der Waals surface area contributed by atoms with Crippen molar-refractivity contribution in [1.29, 1.82) is 0 Å². The van der Waals surface area contributed by atoms with Crippen molar-refractivity contribution >= 4 is 23.7 Å². The summed E-state index contributed by atoms with van der Waals surface area (Å²) < 4.78 is 0. The molecule has 10 heteroatoms. The lowest BCUT2D eigenvalue weighted by Crippen LogP contribution is -2.55. The number of unbranched alkanes of at least 4 members (excludes halogenated alkanes) is 1. The van der Waals surface area contributed by atoms with Crippen LogP contribution in [0.1, 0.15) is 57.9 Å². The molecule has 1 aromatic rings. The van der Waals surface area contributed by atoms with Crippen LogP contribution in [-0.2, 0) is 25.7 Å². The smallest absolute Gasteiger partial charge is 0.326 e. The monoisotopic (exact) mass is 477 g/mol. The fraction of sp³-hybridized carbons (Fsp3) is 0.583. The average molecular weight is 478 g/mol. The summed E-state index contributed by atoms with van der Waals surface area (Å²) in [4.78, 5) is 48.9. The summed E-state index contributed by atoms with van der Waals surface area (Å²) in [6.07, 6.45) is 1.96. The molecular formula is C24H39N5O5. The van der Waals surface area contributed by atoms with Gasteiger partial charge in [-0.2, -0.15) is 0 Å². The molecule has 0 heterocycles. The number of rotatable bonds is 17. The number of hydrogen-bond acceptors (Lipinski definition) is 6. The molecule has 0 spiro atoms. The predicted octanol–water partition coefficient (Wildman–Crippen LogP) is 0.640. The Bertz CT molecular complexity index is 787.